The first kappa shape index (κ1) is 11.8. The Morgan fingerprint density at radius 2 is 1.71 bits per heavy atom. The molecule has 0 bridgehead atoms. The van der Waals surface area contributed by atoms with Crippen LogP contribution in [0.1, 0.15) is 40.0 Å². The van der Waals surface area contributed by atoms with Gasteiger partial charge in [-0.1, -0.05) is 26.0 Å². The molecule has 1 aliphatic carbocycles. The minimum absolute atomic E-state index is 0.235. The molecule has 82 valence electrons. The van der Waals surface area contributed by atoms with Gasteiger partial charge in [0.05, 0.1) is 4.75 Å². The summed E-state index contributed by atoms with van der Waals surface area (Å²) in [5.74, 6) is 0. The summed E-state index contributed by atoms with van der Waals surface area (Å²) in [7, 11) is -2.99. The van der Waals surface area contributed by atoms with Gasteiger partial charge < -0.3 is 0 Å². The summed E-state index contributed by atoms with van der Waals surface area (Å²) < 4.78 is 22.6. The van der Waals surface area contributed by atoms with Crippen molar-refractivity contribution in [3.8, 4) is 0 Å². The summed E-state index contributed by atoms with van der Waals surface area (Å²) >= 11 is 0. The maximum atomic E-state index is 11.6. The van der Waals surface area contributed by atoms with Crippen molar-refractivity contribution in [2.24, 2.45) is 5.41 Å². The molecule has 0 aromatic carbocycles. The van der Waals surface area contributed by atoms with E-state index in [0.29, 0.717) is 0 Å². The highest BCUT2D eigenvalue weighted by atomic mass is 32.2. The van der Waals surface area contributed by atoms with Crippen molar-refractivity contribution < 1.29 is 8.42 Å². The molecule has 1 aliphatic rings. The van der Waals surface area contributed by atoms with E-state index in [2.05, 4.69) is 13.8 Å². The van der Waals surface area contributed by atoms with E-state index in [4.69, 9.17) is 0 Å². The summed E-state index contributed by atoms with van der Waals surface area (Å²) in [6.07, 6.45) is 7.89. The van der Waals surface area contributed by atoms with E-state index < -0.39 is 14.6 Å². The molecule has 0 spiro atoms. The average molecular weight is 216 g/mol. The maximum Gasteiger partial charge on any atom is 0.156 e. The molecule has 0 heterocycles. The predicted molar refractivity (Wildman–Crippen MR) is 60.0 cm³/mol. The third kappa shape index (κ3) is 2.38. The molecule has 3 heteroatoms. The van der Waals surface area contributed by atoms with Gasteiger partial charge in [-0.2, -0.15) is 0 Å². The predicted octanol–water partition coefficient (Wildman–Crippen LogP) is 2.56. The third-order valence-corrected chi connectivity index (χ3v) is 5.32. The van der Waals surface area contributed by atoms with Crippen molar-refractivity contribution in [1.29, 1.82) is 0 Å². The fourth-order valence-corrected chi connectivity index (χ4v) is 2.52. The first-order chi connectivity index (χ1) is 6.16. The summed E-state index contributed by atoms with van der Waals surface area (Å²) in [5, 5.41) is 0. The monoisotopic (exact) mass is 216 g/mol. The van der Waals surface area contributed by atoms with Gasteiger partial charge in [0.25, 0.3) is 0 Å². The highest BCUT2D eigenvalue weighted by Crippen LogP contribution is 2.37. The molecule has 0 aromatic rings. The molecule has 0 aromatic heterocycles. The highest BCUT2D eigenvalue weighted by molar-refractivity contribution is 7.92. The van der Waals surface area contributed by atoms with E-state index in [1.807, 2.05) is 19.1 Å². The van der Waals surface area contributed by atoms with Gasteiger partial charge in [-0.15, -0.1) is 0 Å². The summed E-state index contributed by atoms with van der Waals surface area (Å²) in [6.45, 7) is 6.19. The Balaban J connectivity index is 2.97. The lowest BCUT2D eigenvalue weighted by Gasteiger charge is -2.26. The largest absolute Gasteiger partial charge is 0.228 e. The Morgan fingerprint density at radius 1 is 1.14 bits per heavy atom. The zero-order valence-corrected chi connectivity index (χ0v) is 10.3. The molecule has 1 atom stereocenters. The van der Waals surface area contributed by atoms with Gasteiger partial charge in [0, 0.05) is 6.26 Å². The van der Waals surface area contributed by atoms with E-state index in [9.17, 15) is 8.42 Å². The van der Waals surface area contributed by atoms with Crippen LogP contribution in [0.5, 0.6) is 0 Å². The zero-order chi connectivity index (χ0) is 11.0. The van der Waals surface area contributed by atoms with Gasteiger partial charge in [0.2, 0.25) is 0 Å². The first-order valence-electron chi connectivity index (χ1n) is 5.04. The van der Waals surface area contributed by atoms with Crippen molar-refractivity contribution in [3.63, 3.8) is 0 Å². The van der Waals surface area contributed by atoms with Crippen LogP contribution in [0.25, 0.3) is 0 Å². The van der Waals surface area contributed by atoms with Gasteiger partial charge in [0.15, 0.2) is 9.84 Å². The van der Waals surface area contributed by atoms with Crippen LogP contribution in [0.15, 0.2) is 12.2 Å². The van der Waals surface area contributed by atoms with Crippen LogP contribution in [0, 0.1) is 5.41 Å². The van der Waals surface area contributed by atoms with Crippen LogP contribution < -0.4 is 0 Å². The van der Waals surface area contributed by atoms with E-state index >= 15 is 0 Å². The number of hydrogen-bond acceptors (Lipinski definition) is 2. The second-order valence-corrected chi connectivity index (χ2v) is 7.83. The lowest BCUT2D eigenvalue weighted by atomic mass is 9.84. The van der Waals surface area contributed by atoms with Crippen molar-refractivity contribution in [3.05, 3.63) is 12.2 Å². The van der Waals surface area contributed by atoms with Crippen LogP contribution in [0.2, 0.25) is 0 Å². The molecule has 0 radical (unpaired) electrons. The van der Waals surface area contributed by atoms with Crippen LogP contribution >= 0.6 is 0 Å². The Labute approximate surface area is 87.3 Å². The van der Waals surface area contributed by atoms with Crippen LogP contribution in [-0.4, -0.2) is 19.4 Å². The Hall–Kier alpha value is -0.310. The molecule has 0 saturated carbocycles. The smallest absolute Gasteiger partial charge is 0.156 e. The van der Waals surface area contributed by atoms with Crippen molar-refractivity contribution in [2.45, 2.75) is 44.8 Å². The normalized spacial score (nSPS) is 32.6. The van der Waals surface area contributed by atoms with Crippen LogP contribution in [0.4, 0.5) is 0 Å². The Morgan fingerprint density at radius 3 is 2.21 bits per heavy atom. The molecule has 0 amide bonds. The lowest BCUT2D eigenvalue weighted by molar-refractivity contribution is 0.327. The second-order valence-electron chi connectivity index (χ2n) is 5.36. The van der Waals surface area contributed by atoms with Crippen molar-refractivity contribution in [2.75, 3.05) is 6.26 Å². The van der Waals surface area contributed by atoms with E-state index in [-0.39, 0.29) is 5.41 Å². The van der Waals surface area contributed by atoms with Crippen molar-refractivity contribution >= 4 is 9.84 Å². The molecule has 14 heavy (non-hydrogen) atoms. The van der Waals surface area contributed by atoms with Gasteiger partial charge in [-0.3, -0.25) is 0 Å². The minimum atomic E-state index is -2.99. The highest BCUT2D eigenvalue weighted by Gasteiger charge is 2.36. The van der Waals surface area contributed by atoms with Gasteiger partial charge in [0.1, 0.15) is 0 Å². The fraction of sp³-hybridized carbons (Fsp3) is 0.818. The molecule has 0 N–H and O–H groups in total. The summed E-state index contributed by atoms with van der Waals surface area (Å²) in [4.78, 5) is 0. The molecule has 0 aliphatic heterocycles. The van der Waals surface area contributed by atoms with Crippen LogP contribution in [0.3, 0.4) is 0 Å². The molecular formula is C11H20O2S. The number of sulfone groups is 1. The third-order valence-electron chi connectivity index (χ3n) is 3.29. The molecule has 0 fully saturated rings. The quantitative estimate of drug-likeness (QED) is 0.631. The number of allylic oxidation sites excluding steroid dienone is 1. The lowest BCUT2D eigenvalue weighted by Crippen LogP contribution is -2.32. The van der Waals surface area contributed by atoms with Crippen molar-refractivity contribution in [1.82, 2.24) is 0 Å². The average Bonchev–Trinajstić information content (AvgIpc) is 2.10. The summed E-state index contributed by atoms with van der Waals surface area (Å²) in [6, 6.07) is 0. The number of hydrogen-bond donors (Lipinski definition) is 0. The van der Waals surface area contributed by atoms with Gasteiger partial charge in [-0.05, 0) is 31.6 Å². The number of rotatable bonds is 1. The minimum Gasteiger partial charge on any atom is -0.228 e. The molecule has 2 nitrogen and oxygen atoms in total. The van der Waals surface area contributed by atoms with E-state index in [1.165, 1.54) is 6.26 Å². The first-order valence-corrected chi connectivity index (χ1v) is 6.93. The fourth-order valence-electron chi connectivity index (χ4n) is 1.71. The Bertz CT molecular complexity index is 338. The molecule has 0 unspecified atom stereocenters. The zero-order valence-electron chi connectivity index (χ0n) is 9.50. The second kappa shape index (κ2) is 3.37. The standard InChI is InChI=1S/C11H20O2S/c1-10(2)6-5-7-11(3,9-8-10)14(4,12)13/h5,7H,6,8-9H2,1-4H3/t11-/m0/s1. The van der Waals surface area contributed by atoms with Gasteiger partial charge >= 0.3 is 0 Å². The van der Waals surface area contributed by atoms with E-state index in [0.717, 1.165) is 19.3 Å². The van der Waals surface area contributed by atoms with E-state index in [1.54, 1.807) is 0 Å². The molecule has 0 saturated heterocycles. The van der Waals surface area contributed by atoms with Gasteiger partial charge in [-0.25, -0.2) is 8.42 Å². The topological polar surface area (TPSA) is 34.1 Å². The maximum absolute atomic E-state index is 11.6. The Kier molecular flexibility index (Phi) is 2.83. The molecular weight excluding hydrogens is 196 g/mol. The van der Waals surface area contributed by atoms with Crippen LogP contribution in [-0.2, 0) is 9.84 Å². The molecule has 1 rings (SSSR count). The SMILES string of the molecule is CC1(C)CC=C[C@](C)(S(C)(=O)=O)CC1. The summed E-state index contributed by atoms with van der Waals surface area (Å²) in [5.41, 5.74) is 0.235.